The Kier molecular flexibility index (Phi) is 6.80. The fourth-order valence-corrected chi connectivity index (χ4v) is 3.55. The molecule has 3 unspecified atom stereocenters. The van der Waals surface area contributed by atoms with Crippen LogP contribution in [0.25, 0.3) is 0 Å². The van der Waals surface area contributed by atoms with Gasteiger partial charge in [-0.3, -0.25) is 0 Å². The molecule has 0 spiro atoms. The molecule has 0 saturated carbocycles. The normalized spacial score (nSPS) is 16.3. The number of thioether (sulfide) groups is 1. The SMILES string of the molecule is CCc1ccc(C(NC)C(C)SC(C)CC)cc1. The molecule has 1 aromatic rings. The van der Waals surface area contributed by atoms with Gasteiger partial charge in [0.15, 0.2) is 0 Å². The smallest absolute Gasteiger partial charge is 0.0435 e. The summed E-state index contributed by atoms with van der Waals surface area (Å²) in [7, 11) is 2.06. The highest BCUT2D eigenvalue weighted by atomic mass is 32.2. The first kappa shape index (κ1) is 15.6. The molecule has 1 aromatic carbocycles. The van der Waals surface area contributed by atoms with E-state index < -0.39 is 0 Å². The van der Waals surface area contributed by atoms with Gasteiger partial charge in [-0.15, -0.1) is 0 Å². The van der Waals surface area contributed by atoms with Crippen LogP contribution in [-0.2, 0) is 6.42 Å². The molecule has 2 heteroatoms. The zero-order valence-electron chi connectivity index (χ0n) is 12.4. The molecule has 0 amide bonds. The Bertz CT molecular complexity index is 333. The van der Waals surface area contributed by atoms with E-state index >= 15 is 0 Å². The highest BCUT2D eigenvalue weighted by Crippen LogP contribution is 2.30. The highest BCUT2D eigenvalue weighted by molar-refractivity contribution is 8.00. The minimum Gasteiger partial charge on any atom is -0.312 e. The van der Waals surface area contributed by atoms with E-state index in [0.717, 1.165) is 11.7 Å². The molecular formula is C16H27NS. The Morgan fingerprint density at radius 1 is 1.11 bits per heavy atom. The molecule has 18 heavy (non-hydrogen) atoms. The van der Waals surface area contributed by atoms with Crippen molar-refractivity contribution in [1.82, 2.24) is 5.32 Å². The molecule has 0 heterocycles. The van der Waals surface area contributed by atoms with Crippen LogP contribution >= 0.6 is 11.8 Å². The van der Waals surface area contributed by atoms with Crippen molar-refractivity contribution in [2.24, 2.45) is 0 Å². The Labute approximate surface area is 117 Å². The van der Waals surface area contributed by atoms with Crippen molar-refractivity contribution in [1.29, 1.82) is 0 Å². The molecule has 0 aliphatic heterocycles. The van der Waals surface area contributed by atoms with Gasteiger partial charge in [0.25, 0.3) is 0 Å². The predicted molar refractivity (Wildman–Crippen MR) is 84.4 cm³/mol. The lowest BCUT2D eigenvalue weighted by molar-refractivity contribution is 0.587. The summed E-state index contributed by atoms with van der Waals surface area (Å²) < 4.78 is 0. The third-order valence-electron chi connectivity index (χ3n) is 3.55. The topological polar surface area (TPSA) is 12.0 Å². The zero-order chi connectivity index (χ0) is 13.5. The predicted octanol–water partition coefficient (Wildman–Crippen LogP) is 4.43. The van der Waals surface area contributed by atoms with E-state index in [0.29, 0.717) is 11.3 Å². The molecule has 0 radical (unpaired) electrons. The van der Waals surface area contributed by atoms with Crippen molar-refractivity contribution >= 4 is 11.8 Å². The quantitative estimate of drug-likeness (QED) is 0.782. The summed E-state index contributed by atoms with van der Waals surface area (Å²) in [6.45, 7) is 9.10. The van der Waals surface area contributed by atoms with Crippen LogP contribution in [0.15, 0.2) is 24.3 Å². The van der Waals surface area contributed by atoms with Gasteiger partial charge < -0.3 is 5.32 Å². The summed E-state index contributed by atoms with van der Waals surface area (Å²) >= 11 is 2.07. The molecule has 1 nitrogen and oxygen atoms in total. The second kappa shape index (κ2) is 7.85. The van der Waals surface area contributed by atoms with Gasteiger partial charge in [-0.05, 0) is 31.0 Å². The Morgan fingerprint density at radius 2 is 1.72 bits per heavy atom. The molecule has 3 atom stereocenters. The summed E-state index contributed by atoms with van der Waals surface area (Å²) in [6, 6.07) is 9.48. The molecule has 0 bridgehead atoms. The molecule has 102 valence electrons. The number of rotatable bonds is 7. The maximum atomic E-state index is 3.46. The second-order valence-corrected chi connectivity index (χ2v) is 6.74. The van der Waals surface area contributed by atoms with E-state index in [1.807, 2.05) is 0 Å². The number of benzene rings is 1. The third-order valence-corrected chi connectivity index (χ3v) is 5.05. The van der Waals surface area contributed by atoms with Gasteiger partial charge in [-0.2, -0.15) is 11.8 Å². The van der Waals surface area contributed by atoms with Gasteiger partial charge >= 0.3 is 0 Å². The van der Waals surface area contributed by atoms with E-state index in [9.17, 15) is 0 Å². The maximum Gasteiger partial charge on any atom is 0.0435 e. The largest absolute Gasteiger partial charge is 0.312 e. The molecule has 0 fully saturated rings. The van der Waals surface area contributed by atoms with Crippen LogP contribution in [0.4, 0.5) is 0 Å². The Hall–Kier alpha value is -0.470. The van der Waals surface area contributed by atoms with Crippen molar-refractivity contribution in [2.75, 3.05) is 7.05 Å². The van der Waals surface area contributed by atoms with Crippen molar-refractivity contribution in [3.63, 3.8) is 0 Å². The van der Waals surface area contributed by atoms with Crippen LogP contribution in [0.3, 0.4) is 0 Å². The average molecular weight is 265 g/mol. The fraction of sp³-hybridized carbons (Fsp3) is 0.625. The highest BCUT2D eigenvalue weighted by Gasteiger charge is 2.19. The van der Waals surface area contributed by atoms with Crippen molar-refractivity contribution in [3.8, 4) is 0 Å². The van der Waals surface area contributed by atoms with Gasteiger partial charge in [0.05, 0.1) is 0 Å². The van der Waals surface area contributed by atoms with E-state index in [1.54, 1.807) is 0 Å². The van der Waals surface area contributed by atoms with E-state index in [4.69, 9.17) is 0 Å². The number of aryl methyl sites for hydroxylation is 1. The number of hydrogen-bond acceptors (Lipinski definition) is 2. The van der Waals surface area contributed by atoms with Crippen LogP contribution < -0.4 is 5.32 Å². The molecule has 0 saturated heterocycles. The van der Waals surface area contributed by atoms with E-state index in [-0.39, 0.29) is 0 Å². The standard InChI is InChI=1S/C16H27NS/c1-6-12(3)18-13(4)16(17-5)15-10-8-14(7-2)9-11-15/h8-13,16-17H,6-7H2,1-5H3. The minimum absolute atomic E-state index is 0.440. The van der Waals surface area contributed by atoms with Gasteiger partial charge in [0.2, 0.25) is 0 Å². The first-order valence-electron chi connectivity index (χ1n) is 7.03. The maximum absolute atomic E-state index is 3.46. The lowest BCUT2D eigenvalue weighted by atomic mass is 10.0. The third kappa shape index (κ3) is 4.33. The van der Waals surface area contributed by atoms with Crippen molar-refractivity contribution < 1.29 is 0 Å². The van der Waals surface area contributed by atoms with Crippen LogP contribution in [0.1, 0.15) is 51.3 Å². The van der Waals surface area contributed by atoms with Gasteiger partial charge in [-0.1, -0.05) is 52.0 Å². The summed E-state index contributed by atoms with van der Waals surface area (Å²) in [6.07, 6.45) is 2.35. The molecular weight excluding hydrogens is 238 g/mol. The Morgan fingerprint density at radius 3 is 2.17 bits per heavy atom. The molecule has 1 rings (SSSR count). The summed E-state index contributed by atoms with van der Waals surface area (Å²) in [5.41, 5.74) is 2.81. The first-order chi connectivity index (χ1) is 8.62. The number of hydrogen-bond donors (Lipinski definition) is 1. The van der Waals surface area contributed by atoms with Crippen LogP contribution in [-0.4, -0.2) is 17.5 Å². The lowest BCUT2D eigenvalue weighted by Gasteiger charge is -2.26. The Balaban J connectivity index is 2.74. The van der Waals surface area contributed by atoms with Crippen LogP contribution in [0.2, 0.25) is 0 Å². The van der Waals surface area contributed by atoms with Crippen LogP contribution in [0, 0.1) is 0 Å². The molecule has 0 aliphatic rings. The minimum atomic E-state index is 0.440. The van der Waals surface area contributed by atoms with Gasteiger partial charge in [-0.25, -0.2) is 0 Å². The second-order valence-electron chi connectivity index (χ2n) is 4.92. The lowest BCUT2D eigenvalue weighted by Crippen LogP contribution is -2.26. The fourth-order valence-electron chi connectivity index (χ4n) is 2.17. The van der Waals surface area contributed by atoms with Crippen LogP contribution in [0.5, 0.6) is 0 Å². The van der Waals surface area contributed by atoms with E-state index in [1.165, 1.54) is 17.5 Å². The van der Waals surface area contributed by atoms with Gasteiger partial charge in [0.1, 0.15) is 0 Å². The number of nitrogens with one attached hydrogen (secondary N) is 1. The molecule has 0 aliphatic carbocycles. The average Bonchev–Trinajstić information content (AvgIpc) is 2.40. The van der Waals surface area contributed by atoms with E-state index in [2.05, 4.69) is 76.1 Å². The summed E-state index contributed by atoms with van der Waals surface area (Å²) in [5.74, 6) is 0. The van der Waals surface area contributed by atoms with Crippen molar-refractivity contribution in [2.45, 2.75) is 57.1 Å². The zero-order valence-corrected chi connectivity index (χ0v) is 13.2. The first-order valence-corrected chi connectivity index (χ1v) is 7.98. The van der Waals surface area contributed by atoms with Gasteiger partial charge in [0, 0.05) is 16.5 Å². The molecule has 1 N–H and O–H groups in total. The molecule has 0 aromatic heterocycles. The summed E-state index contributed by atoms with van der Waals surface area (Å²) in [5, 5.41) is 4.79. The van der Waals surface area contributed by atoms with Crippen molar-refractivity contribution in [3.05, 3.63) is 35.4 Å². The summed E-state index contributed by atoms with van der Waals surface area (Å²) in [4.78, 5) is 0. The monoisotopic (exact) mass is 265 g/mol.